The molecule has 16 heavy (non-hydrogen) atoms. The summed E-state index contributed by atoms with van der Waals surface area (Å²) < 4.78 is 10.3. The van der Waals surface area contributed by atoms with E-state index >= 15 is 0 Å². The number of hydrogen-bond acceptors (Lipinski definition) is 5. The third kappa shape index (κ3) is 1.79. The molecule has 2 aromatic rings. The Morgan fingerprint density at radius 1 is 1.62 bits per heavy atom. The minimum absolute atomic E-state index is 0.0534. The van der Waals surface area contributed by atoms with Crippen LogP contribution in [0.25, 0.3) is 10.8 Å². The third-order valence-electron chi connectivity index (χ3n) is 2.02. The van der Waals surface area contributed by atoms with Gasteiger partial charge in [-0.05, 0) is 6.92 Å². The largest absolute Gasteiger partial charge is 0.496 e. The van der Waals surface area contributed by atoms with Crippen molar-refractivity contribution in [2.45, 2.75) is 6.92 Å². The second kappa shape index (κ2) is 3.97. The Kier molecular flexibility index (Phi) is 2.66. The predicted octanol–water partition coefficient (Wildman–Crippen LogP) is 2.42. The summed E-state index contributed by atoms with van der Waals surface area (Å²) in [6.07, 6.45) is 0. The van der Waals surface area contributed by atoms with Gasteiger partial charge in [0.2, 0.25) is 5.89 Å². The molecule has 0 aliphatic heterocycles. The molecule has 0 aliphatic carbocycles. The molecule has 0 bridgehead atoms. The summed E-state index contributed by atoms with van der Waals surface area (Å²) in [7, 11) is 1.56. The molecule has 1 N–H and O–H groups in total. The van der Waals surface area contributed by atoms with Crippen LogP contribution in [0.1, 0.15) is 16.2 Å². The van der Waals surface area contributed by atoms with Crippen molar-refractivity contribution in [2.75, 3.05) is 7.11 Å². The summed E-state index contributed by atoms with van der Waals surface area (Å²) in [5.74, 6) is 0.224. The van der Waals surface area contributed by atoms with Crippen LogP contribution >= 0.6 is 11.3 Å². The molecule has 0 fully saturated rings. The number of ether oxygens (including phenoxy) is 1. The van der Waals surface area contributed by atoms with Crippen LogP contribution < -0.4 is 4.74 Å². The van der Waals surface area contributed by atoms with Gasteiger partial charge in [0.15, 0.2) is 5.69 Å². The molecule has 84 valence electrons. The first-order valence-corrected chi connectivity index (χ1v) is 5.33. The maximum atomic E-state index is 10.8. The molecular formula is C10H9NO4S. The van der Waals surface area contributed by atoms with E-state index in [-0.39, 0.29) is 5.69 Å². The van der Waals surface area contributed by atoms with Crippen LogP contribution in [-0.4, -0.2) is 23.2 Å². The Morgan fingerprint density at radius 2 is 2.38 bits per heavy atom. The van der Waals surface area contributed by atoms with Crippen molar-refractivity contribution < 1.29 is 19.1 Å². The zero-order valence-corrected chi connectivity index (χ0v) is 9.50. The Labute approximate surface area is 95.3 Å². The smallest absolute Gasteiger partial charge is 0.358 e. The summed E-state index contributed by atoms with van der Waals surface area (Å²) in [6.45, 7) is 1.57. The van der Waals surface area contributed by atoms with Gasteiger partial charge in [0, 0.05) is 11.4 Å². The fourth-order valence-electron chi connectivity index (χ4n) is 1.24. The van der Waals surface area contributed by atoms with Gasteiger partial charge in [0.05, 0.1) is 12.0 Å². The molecule has 0 unspecified atom stereocenters. The van der Waals surface area contributed by atoms with Gasteiger partial charge < -0.3 is 14.3 Å². The van der Waals surface area contributed by atoms with Crippen LogP contribution in [0.5, 0.6) is 5.75 Å². The normalized spacial score (nSPS) is 10.4. The summed E-state index contributed by atoms with van der Waals surface area (Å²) in [4.78, 5) is 15.4. The maximum Gasteiger partial charge on any atom is 0.358 e. The van der Waals surface area contributed by atoms with E-state index < -0.39 is 5.97 Å². The molecule has 0 saturated carbocycles. The Balaban J connectivity index is 2.41. The molecule has 0 spiro atoms. The van der Waals surface area contributed by atoms with Gasteiger partial charge in [-0.2, -0.15) is 0 Å². The number of hydrogen-bond donors (Lipinski definition) is 1. The van der Waals surface area contributed by atoms with E-state index in [1.807, 2.05) is 0 Å². The van der Waals surface area contributed by atoms with Crippen LogP contribution in [-0.2, 0) is 0 Å². The number of aryl methyl sites for hydroxylation is 1. The van der Waals surface area contributed by atoms with Gasteiger partial charge in [0.25, 0.3) is 0 Å². The molecule has 5 nitrogen and oxygen atoms in total. The Hall–Kier alpha value is -1.82. The molecule has 2 heterocycles. The number of methoxy groups -OCH3 is 1. The second-order valence-corrected chi connectivity index (χ2v) is 3.99. The molecule has 2 aromatic heterocycles. The number of carboxylic acids is 1. The van der Waals surface area contributed by atoms with E-state index in [1.54, 1.807) is 25.5 Å². The van der Waals surface area contributed by atoms with Crippen molar-refractivity contribution in [3.63, 3.8) is 0 Å². The van der Waals surface area contributed by atoms with E-state index in [1.165, 1.54) is 11.3 Å². The molecular weight excluding hydrogens is 230 g/mol. The van der Waals surface area contributed by atoms with E-state index in [4.69, 9.17) is 14.3 Å². The maximum absolute atomic E-state index is 10.8. The van der Waals surface area contributed by atoms with Gasteiger partial charge in [-0.25, -0.2) is 9.78 Å². The van der Waals surface area contributed by atoms with E-state index in [0.29, 0.717) is 17.4 Å². The van der Waals surface area contributed by atoms with E-state index in [0.717, 1.165) is 4.88 Å². The van der Waals surface area contributed by atoms with Gasteiger partial charge in [-0.15, -0.1) is 11.3 Å². The Bertz CT molecular complexity index is 529. The minimum Gasteiger partial charge on any atom is -0.496 e. The first-order chi connectivity index (χ1) is 7.61. The lowest BCUT2D eigenvalue weighted by molar-refractivity contribution is 0.0689. The predicted molar refractivity (Wildman–Crippen MR) is 58.1 cm³/mol. The fourth-order valence-corrected chi connectivity index (χ4v) is 2.02. The van der Waals surface area contributed by atoms with Crippen molar-refractivity contribution in [1.82, 2.24) is 4.98 Å². The fraction of sp³-hybridized carbons (Fsp3) is 0.200. The molecule has 0 atom stereocenters. The molecule has 0 aliphatic rings. The number of aromatic nitrogens is 1. The molecule has 0 aromatic carbocycles. The quantitative estimate of drug-likeness (QED) is 0.890. The Morgan fingerprint density at radius 3 is 2.88 bits per heavy atom. The highest BCUT2D eigenvalue weighted by Crippen LogP contribution is 2.31. The number of oxazole rings is 1. The number of carboxylic acid groups (broad SMARTS) is 1. The number of rotatable bonds is 3. The summed E-state index contributed by atoms with van der Waals surface area (Å²) in [6, 6.07) is 1.75. The van der Waals surface area contributed by atoms with Crippen LogP contribution in [0.3, 0.4) is 0 Å². The minimum atomic E-state index is -1.09. The first-order valence-electron chi connectivity index (χ1n) is 4.45. The van der Waals surface area contributed by atoms with Crippen molar-refractivity contribution in [3.8, 4) is 16.5 Å². The van der Waals surface area contributed by atoms with Gasteiger partial charge in [-0.1, -0.05) is 0 Å². The number of aromatic carboxylic acids is 1. The molecule has 0 amide bonds. The standard InChI is InChI=1S/C10H9NO4S/c1-5-8(10(12)13)11-9(15-5)7-3-6(14-2)4-16-7/h3-4H,1-2H3,(H,12,13). The van der Waals surface area contributed by atoms with Crippen molar-refractivity contribution in [3.05, 3.63) is 22.9 Å². The highest BCUT2D eigenvalue weighted by molar-refractivity contribution is 7.13. The lowest BCUT2D eigenvalue weighted by Gasteiger charge is -1.89. The average molecular weight is 239 g/mol. The molecule has 0 saturated heterocycles. The lowest BCUT2D eigenvalue weighted by Crippen LogP contribution is -1.98. The third-order valence-corrected chi connectivity index (χ3v) is 2.92. The van der Waals surface area contributed by atoms with E-state index in [9.17, 15) is 4.79 Å². The van der Waals surface area contributed by atoms with Crippen LogP contribution in [0, 0.1) is 6.92 Å². The first kappa shape index (κ1) is 10.7. The van der Waals surface area contributed by atoms with Crippen molar-refractivity contribution in [1.29, 1.82) is 0 Å². The summed E-state index contributed by atoms with van der Waals surface area (Å²) in [5.41, 5.74) is -0.0534. The van der Waals surface area contributed by atoms with Crippen LogP contribution in [0.15, 0.2) is 15.9 Å². The highest BCUT2D eigenvalue weighted by atomic mass is 32.1. The SMILES string of the molecule is COc1csc(-c2nc(C(=O)O)c(C)o2)c1. The zero-order chi connectivity index (χ0) is 11.7. The second-order valence-electron chi connectivity index (χ2n) is 3.08. The van der Waals surface area contributed by atoms with Gasteiger partial charge in [0.1, 0.15) is 11.5 Å². The van der Waals surface area contributed by atoms with Crippen LogP contribution in [0.2, 0.25) is 0 Å². The van der Waals surface area contributed by atoms with Gasteiger partial charge in [-0.3, -0.25) is 0 Å². The van der Waals surface area contributed by atoms with E-state index in [2.05, 4.69) is 4.98 Å². The van der Waals surface area contributed by atoms with Crippen molar-refractivity contribution in [2.24, 2.45) is 0 Å². The number of nitrogens with zero attached hydrogens (tertiary/aromatic N) is 1. The topological polar surface area (TPSA) is 72.6 Å². The zero-order valence-electron chi connectivity index (χ0n) is 8.68. The van der Waals surface area contributed by atoms with Crippen LogP contribution in [0.4, 0.5) is 0 Å². The average Bonchev–Trinajstić information content (AvgIpc) is 2.83. The monoisotopic (exact) mass is 239 g/mol. The summed E-state index contributed by atoms with van der Waals surface area (Å²) in [5, 5.41) is 10.6. The van der Waals surface area contributed by atoms with Gasteiger partial charge >= 0.3 is 5.97 Å². The summed E-state index contributed by atoms with van der Waals surface area (Å²) >= 11 is 1.39. The number of carbonyl (C=O) groups is 1. The number of thiophene rings is 1. The molecule has 0 radical (unpaired) electrons. The van der Waals surface area contributed by atoms with Crippen molar-refractivity contribution >= 4 is 17.3 Å². The molecule has 2 rings (SSSR count). The lowest BCUT2D eigenvalue weighted by atomic mass is 10.4. The highest BCUT2D eigenvalue weighted by Gasteiger charge is 2.18. The molecule has 6 heteroatoms.